The number of methoxy groups -OCH3 is 1. The van der Waals surface area contributed by atoms with E-state index in [0.29, 0.717) is 0 Å². The summed E-state index contributed by atoms with van der Waals surface area (Å²) < 4.78 is 4.88. The Morgan fingerprint density at radius 3 is 2.24 bits per heavy atom. The van der Waals surface area contributed by atoms with Crippen molar-refractivity contribution in [2.24, 2.45) is 0 Å². The molecule has 2 aromatic carbocycles. The van der Waals surface area contributed by atoms with Gasteiger partial charge in [-0.2, -0.15) is 0 Å². The molecule has 0 atom stereocenters. The van der Waals surface area contributed by atoms with Gasteiger partial charge >= 0.3 is 5.97 Å². The molecular formula is C19H20O2. The van der Waals surface area contributed by atoms with Crippen LogP contribution < -0.4 is 0 Å². The molecule has 2 aromatic rings. The van der Waals surface area contributed by atoms with Gasteiger partial charge in [0.2, 0.25) is 0 Å². The fourth-order valence-corrected chi connectivity index (χ4v) is 2.16. The molecule has 0 aromatic heterocycles. The molecule has 0 amide bonds. The van der Waals surface area contributed by atoms with Crippen molar-refractivity contribution >= 4 is 18.1 Å². The molecule has 0 heterocycles. The molecule has 0 radical (unpaired) electrons. The fraction of sp³-hybridized carbons (Fsp3) is 0.211. The van der Waals surface area contributed by atoms with Gasteiger partial charge in [0.05, 0.1) is 12.5 Å². The van der Waals surface area contributed by atoms with Crippen LogP contribution in [0.4, 0.5) is 0 Å². The van der Waals surface area contributed by atoms with E-state index in [-0.39, 0.29) is 5.97 Å². The molecule has 2 nitrogen and oxygen atoms in total. The Morgan fingerprint density at radius 1 is 0.952 bits per heavy atom. The summed E-state index contributed by atoms with van der Waals surface area (Å²) >= 11 is 0. The first-order chi connectivity index (χ1) is 10.0. The summed E-state index contributed by atoms with van der Waals surface area (Å²) in [5, 5.41) is 0. The lowest BCUT2D eigenvalue weighted by atomic mass is 9.84. The maximum Gasteiger partial charge on any atom is 0.315 e. The first-order valence-electron chi connectivity index (χ1n) is 6.96. The van der Waals surface area contributed by atoms with Gasteiger partial charge in [0, 0.05) is 0 Å². The molecule has 0 spiro atoms. The Balaban J connectivity index is 2.26. The predicted molar refractivity (Wildman–Crippen MR) is 86.9 cm³/mol. The highest BCUT2D eigenvalue weighted by Gasteiger charge is 2.30. The summed E-state index contributed by atoms with van der Waals surface area (Å²) in [5.41, 5.74) is 2.51. The van der Waals surface area contributed by atoms with Crippen LogP contribution in [-0.4, -0.2) is 13.1 Å². The molecule has 0 aliphatic carbocycles. The van der Waals surface area contributed by atoms with Crippen LogP contribution in [0.1, 0.15) is 30.5 Å². The average Bonchev–Trinajstić information content (AvgIpc) is 2.53. The van der Waals surface area contributed by atoms with Crippen LogP contribution in [0.5, 0.6) is 0 Å². The number of ether oxygens (including phenoxy) is 1. The number of carbonyl (C=O) groups excluding carboxylic acids is 1. The van der Waals surface area contributed by atoms with Crippen molar-refractivity contribution in [3.05, 3.63) is 71.3 Å². The maximum atomic E-state index is 11.9. The van der Waals surface area contributed by atoms with E-state index in [2.05, 4.69) is 18.2 Å². The van der Waals surface area contributed by atoms with Crippen molar-refractivity contribution < 1.29 is 9.53 Å². The van der Waals surface area contributed by atoms with Crippen LogP contribution in [0.15, 0.2) is 54.6 Å². The van der Waals surface area contributed by atoms with Gasteiger partial charge in [-0.3, -0.25) is 4.79 Å². The second kappa shape index (κ2) is 6.40. The van der Waals surface area contributed by atoms with Crippen LogP contribution in [0, 0.1) is 0 Å². The first kappa shape index (κ1) is 15.0. The van der Waals surface area contributed by atoms with Crippen molar-refractivity contribution in [3.63, 3.8) is 0 Å². The number of esters is 1. The van der Waals surface area contributed by atoms with Gasteiger partial charge in [0.1, 0.15) is 0 Å². The summed E-state index contributed by atoms with van der Waals surface area (Å²) in [5.74, 6) is -0.230. The van der Waals surface area contributed by atoms with Crippen LogP contribution in [0.25, 0.3) is 12.2 Å². The smallest absolute Gasteiger partial charge is 0.315 e. The normalized spacial score (nSPS) is 11.6. The zero-order valence-electron chi connectivity index (χ0n) is 12.7. The summed E-state index contributed by atoms with van der Waals surface area (Å²) in [6.45, 7) is 3.75. The van der Waals surface area contributed by atoms with Crippen molar-refractivity contribution in [1.82, 2.24) is 0 Å². The van der Waals surface area contributed by atoms with Crippen LogP contribution in [0.3, 0.4) is 0 Å². The summed E-state index contributed by atoms with van der Waals surface area (Å²) in [4.78, 5) is 11.9. The zero-order valence-corrected chi connectivity index (χ0v) is 12.7. The number of benzene rings is 2. The monoisotopic (exact) mass is 280 g/mol. The minimum Gasteiger partial charge on any atom is -0.468 e. The molecule has 0 saturated heterocycles. The van der Waals surface area contributed by atoms with E-state index < -0.39 is 5.41 Å². The zero-order chi connectivity index (χ0) is 15.3. The number of carbonyl (C=O) groups is 1. The van der Waals surface area contributed by atoms with Crippen LogP contribution >= 0.6 is 0 Å². The molecule has 108 valence electrons. The van der Waals surface area contributed by atoms with Gasteiger partial charge in [-0.1, -0.05) is 66.7 Å². The number of hydrogen-bond acceptors (Lipinski definition) is 2. The minimum absolute atomic E-state index is 0.230. The third-order valence-electron chi connectivity index (χ3n) is 3.57. The highest BCUT2D eigenvalue weighted by molar-refractivity contribution is 5.82. The van der Waals surface area contributed by atoms with Crippen LogP contribution in [0.2, 0.25) is 0 Å². The van der Waals surface area contributed by atoms with Crippen molar-refractivity contribution in [3.8, 4) is 0 Å². The molecule has 0 bridgehead atoms. The standard InChI is InChI=1S/C19H20O2/c1-19(2,18(20)21-3)17-11-7-10-16(14-17)13-12-15-8-5-4-6-9-15/h4-14H,1-3H3/b13-12+. The molecule has 0 aliphatic heterocycles. The van der Waals surface area contributed by atoms with Crippen molar-refractivity contribution in [1.29, 1.82) is 0 Å². The third-order valence-corrected chi connectivity index (χ3v) is 3.57. The fourth-order valence-electron chi connectivity index (χ4n) is 2.16. The SMILES string of the molecule is COC(=O)C(C)(C)c1cccc(/C=C/c2ccccc2)c1. The predicted octanol–water partition coefficient (Wildman–Crippen LogP) is 4.31. The van der Waals surface area contributed by atoms with E-state index in [4.69, 9.17) is 4.74 Å². The van der Waals surface area contributed by atoms with E-state index >= 15 is 0 Å². The molecule has 0 fully saturated rings. The maximum absolute atomic E-state index is 11.9. The molecular weight excluding hydrogens is 260 g/mol. The molecule has 2 heteroatoms. The summed E-state index contributed by atoms with van der Waals surface area (Å²) in [6, 6.07) is 18.1. The molecule has 0 N–H and O–H groups in total. The van der Waals surface area contributed by atoms with E-state index in [0.717, 1.165) is 16.7 Å². The Morgan fingerprint density at radius 2 is 1.57 bits per heavy atom. The van der Waals surface area contributed by atoms with E-state index in [1.54, 1.807) is 0 Å². The van der Waals surface area contributed by atoms with E-state index in [1.807, 2.05) is 62.4 Å². The topological polar surface area (TPSA) is 26.3 Å². The largest absolute Gasteiger partial charge is 0.468 e. The van der Waals surface area contributed by atoms with Crippen molar-refractivity contribution in [2.45, 2.75) is 19.3 Å². The minimum atomic E-state index is -0.647. The third kappa shape index (κ3) is 3.60. The Kier molecular flexibility index (Phi) is 4.59. The second-order valence-electron chi connectivity index (χ2n) is 5.49. The van der Waals surface area contributed by atoms with E-state index in [1.165, 1.54) is 7.11 Å². The molecule has 21 heavy (non-hydrogen) atoms. The van der Waals surface area contributed by atoms with Gasteiger partial charge in [-0.05, 0) is 30.5 Å². The lowest BCUT2D eigenvalue weighted by molar-refractivity contribution is -0.146. The molecule has 2 rings (SSSR count). The van der Waals surface area contributed by atoms with E-state index in [9.17, 15) is 4.79 Å². The van der Waals surface area contributed by atoms with Gasteiger partial charge in [0.25, 0.3) is 0 Å². The number of rotatable bonds is 4. The summed E-state index contributed by atoms with van der Waals surface area (Å²) in [6.07, 6.45) is 4.11. The molecule has 0 saturated carbocycles. The highest BCUT2D eigenvalue weighted by atomic mass is 16.5. The molecule has 0 unspecified atom stereocenters. The Bertz CT molecular complexity index is 640. The van der Waals surface area contributed by atoms with Crippen LogP contribution in [-0.2, 0) is 14.9 Å². The lowest BCUT2D eigenvalue weighted by Gasteiger charge is -2.22. The van der Waals surface area contributed by atoms with Gasteiger partial charge in [-0.15, -0.1) is 0 Å². The number of hydrogen-bond donors (Lipinski definition) is 0. The summed E-state index contributed by atoms with van der Waals surface area (Å²) in [7, 11) is 1.42. The average molecular weight is 280 g/mol. The van der Waals surface area contributed by atoms with Crippen molar-refractivity contribution in [2.75, 3.05) is 7.11 Å². The highest BCUT2D eigenvalue weighted by Crippen LogP contribution is 2.26. The Labute approximate surface area is 126 Å². The lowest BCUT2D eigenvalue weighted by Crippen LogP contribution is -2.30. The van der Waals surface area contributed by atoms with Gasteiger partial charge < -0.3 is 4.74 Å². The first-order valence-corrected chi connectivity index (χ1v) is 6.96. The quantitative estimate of drug-likeness (QED) is 0.616. The van der Waals surface area contributed by atoms with Gasteiger partial charge in [0.15, 0.2) is 0 Å². The van der Waals surface area contributed by atoms with Gasteiger partial charge in [-0.25, -0.2) is 0 Å². The Hall–Kier alpha value is -2.35. The molecule has 0 aliphatic rings. The second-order valence-corrected chi connectivity index (χ2v) is 5.49.